The van der Waals surface area contributed by atoms with Crippen LogP contribution in [-0.2, 0) is 31.3 Å². The molecule has 25 heavy (non-hydrogen) atoms. The molecule has 3 heteroatoms. The first kappa shape index (κ1) is 22.1. The summed E-state index contributed by atoms with van der Waals surface area (Å²) in [7, 11) is 0. The van der Waals surface area contributed by atoms with Crippen LogP contribution in [0.15, 0.2) is 18.2 Å². The van der Waals surface area contributed by atoms with Crippen LogP contribution in [0.4, 0.5) is 0 Å². The fraction of sp³-hybridized carbons (Fsp3) is 0.591. The quantitative estimate of drug-likeness (QED) is 0.506. The summed E-state index contributed by atoms with van der Waals surface area (Å²) in [6.45, 7) is 22.5. The molecular formula is C22H34N2Pd. The number of aromatic nitrogens is 2. The Kier molecular flexibility index (Phi) is 6.53. The van der Waals surface area contributed by atoms with Gasteiger partial charge in [-0.1, -0.05) is 70.9 Å². The second kappa shape index (κ2) is 7.38. The monoisotopic (exact) mass is 432 g/mol. The average molecular weight is 433 g/mol. The second-order valence-corrected chi connectivity index (χ2v) is 9.49. The molecule has 142 valence electrons. The summed E-state index contributed by atoms with van der Waals surface area (Å²) in [6.07, 6.45) is 0. The molecule has 2 aromatic rings. The summed E-state index contributed by atoms with van der Waals surface area (Å²) < 4.78 is 2.24. The van der Waals surface area contributed by atoms with Gasteiger partial charge in [-0.3, -0.25) is 4.68 Å². The molecule has 2 rings (SSSR count). The molecule has 0 atom stereocenters. The topological polar surface area (TPSA) is 17.8 Å². The van der Waals surface area contributed by atoms with Crippen molar-refractivity contribution >= 4 is 0 Å². The van der Waals surface area contributed by atoms with Crippen LogP contribution in [-0.4, -0.2) is 9.78 Å². The average Bonchev–Trinajstić information content (AvgIpc) is 2.77. The molecule has 0 aliphatic heterocycles. The van der Waals surface area contributed by atoms with Gasteiger partial charge < -0.3 is 0 Å². The molecule has 1 aromatic carbocycles. The van der Waals surface area contributed by atoms with Crippen LogP contribution in [0.25, 0.3) is 11.1 Å². The van der Waals surface area contributed by atoms with Crippen molar-refractivity contribution in [1.82, 2.24) is 9.78 Å². The van der Waals surface area contributed by atoms with E-state index in [9.17, 15) is 0 Å². The third kappa shape index (κ3) is 4.63. The normalized spacial score (nSPS) is 12.4. The van der Waals surface area contributed by atoms with Gasteiger partial charge >= 0.3 is 0 Å². The Hall–Kier alpha value is -0.908. The van der Waals surface area contributed by atoms with Crippen LogP contribution >= 0.6 is 0 Å². The molecule has 0 saturated heterocycles. The van der Waals surface area contributed by atoms with Crippen LogP contribution in [0, 0.1) is 13.8 Å². The second-order valence-electron chi connectivity index (χ2n) is 9.49. The zero-order valence-corrected chi connectivity index (χ0v) is 19.1. The predicted molar refractivity (Wildman–Crippen MR) is 105 cm³/mol. The van der Waals surface area contributed by atoms with E-state index in [1.54, 1.807) is 0 Å². The van der Waals surface area contributed by atoms with E-state index < -0.39 is 0 Å². The Bertz CT molecular complexity index is 720. The third-order valence-electron chi connectivity index (χ3n) is 4.33. The van der Waals surface area contributed by atoms with Crippen LogP contribution in [0.1, 0.15) is 83.9 Å². The van der Waals surface area contributed by atoms with Crippen LogP contribution in [0.5, 0.6) is 0 Å². The molecule has 0 saturated carbocycles. The Labute approximate surface area is 168 Å². The van der Waals surface area contributed by atoms with Crippen LogP contribution < -0.4 is 0 Å². The summed E-state index contributed by atoms with van der Waals surface area (Å²) in [4.78, 5) is 0. The number of hydrogen-bond acceptors (Lipinski definition) is 1. The first-order chi connectivity index (χ1) is 10.8. The molecule has 0 N–H and O–H groups in total. The van der Waals surface area contributed by atoms with Crippen molar-refractivity contribution in [3.63, 3.8) is 0 Å². The van der Waals surface area contributed by atoms with E-state index >= 15 is 0 Å². The van der Waals surface area contributed by atoms with E-state index in [1.807, 2.05) is 0 Å². The van der Waals surface area contributed by atoms with Gasteiger partial charge in [0.15, 0.2) is 0 Å². The Morgan fingerprint density at radius 3 is 1.68 bits per heavy atom. The number of rotatable bonds is 2. The zero-order chi connectivity index (χ0) is 18.4. The summed E-state index contributed by atoms with van der Waals surface area (Å²) in [5.41, 5.74) is 7.83. The number of nitrogens with zero attached hydrogens (tertiary/aromatic N) is 2. The van der Waals surface area contributed by atoms with Crippen molar-refractivity contribution in [2.75, 3.05) is 0 Å². The fourth-order valence-corrected chi connectivity index (χ4v) is 3.44. The largest absolute Gasteiger partial charge is 0.266 e. The minimum absolute atomic E-state index is 0. The zero-order valence-electron chi connectivity index (χ0n) is 17.5. The molecule has 0 fully saturated rings. The van der Waals surface area contributed by atoms with E-state index in [1.165, 1.54) is 33.6 Å². The summed E-state index contributed by atoms with van der Waals surface area (Å²) >= 11 is 0. The van der Waals surface area contributed by atoms with Crippen LogP contribution in [0.2, 0.25) is 0 Å². The molecule has 0 spiro atoms. The van der Waals surface area contributed by atoms with E-state index in [0.717, 1.165) is 0 Å². The maximum Gasteiger partial charge on any atom is 0.0759 e. The minimum Gasteiger partial charge on any atom is -0.266 e. The summed E-state index contributed by atoms with van der Waals surface area (Å²) in [5.74, 6) is 0. The summed E-state index contributed by atoms with van der Waals surface area (Å²) in [6, 6.07) is 7.20. The molecule has 0 unspecified atom stereocenters. The van der Waals surface area contributed by atoms with Gasteiger partial charge in [-0.25, -0.2) is 0 Å². The maximum absolute atomic E-state index is 5.10. The van der Waals surface area contributed by atoms with Crippen LogP contribution in [0.3, 0.4) is 0 Å². The van der Waals surface area contributed by atoms with Gasteiger partial charge in [0.25, 0.3) is 0 Å². The van der Waals surface area contributed by atoms with E-state index in [4.69, 9.17) is 5.10 Å². The van der Waals surface area contributed by atoms with E-state index in [0.29, 0.717) is 6.04 Å². The van der Waals surface area contributed by atoms with Crippen molar-refractivity contribution in [1.29, 1.82) is 0 Å². The van der Waals surface area contributed by atoms with E-state index in [-0.39, 0.29) is 31.3 Å². The van der Waals surface area contributed by atoms with Gasteiger partial charge in [-0.05, 0) is 33.3 Å². The molecule has 0 aliphatic carbocycles. The SMILES string of the molecule is Cc1cc(C)cc(-c2c(C(C)(C)C)nn(C(C)C)c2C(C)(C)C)c1.[Pd]. The number of benzene rings is 1. The van der Waals surface area contributed by atoms with Crippen molar-refractivity contribution in [2.45, 2.75) is 86.1 Å². The van der Waals surface area contributed by atoms with Gasteiger partial charge in [0.2, 0.25) is 0 Å². The molecule has 0 bridgehead atoms. The van der Waals surface area contributed by atoms with Gasteiger partial charge in [-0.2, -0.15) is 5.10 Å². The Morgan fingerprint density at radius 1 is 0.840 bits per heavy atom. The van der Waals surface area contributed by atoms with Crippen molar-refractivity contribution in [3.8, 4) is 11.1 Å². The van der Waals surface area contributed by atoms with E-state index in [2.05, 4.69) is 92.1 Å². The Balaban J connectivity index is 0.00000312. The smallest absolute Gasteiger partial charge is 0.0759 e. The molecule has 1 heterocycles. The molecule has 0 amide bonds. The fourth-order valence-electron chi connectivity index (χ4n) is 3.44. The Morgan fingerprint density at radius 2 is 1.32 bits per heavy atom. The maximum atomic E-state index is 5.10. The third-order valence-corrected chi connectivity index (χ3v) is 4.33. The predicted octanol–water partition coefficient (Wildman–Crippen LogP) is 6.34. The van der Waals surface area contributed by atoms with Gasteiger partial charge in [0, 0.05) is 42.9 Å². The summed E-state index contributed by atoms with van der Waals surface area (Å²) in [5, 5.41) is 5.10. The molecule has 1 aromatic heterocycles. The first-order valence-corrected chi connectivity index (χ1v) is 9.04. The number of aryl methyl sites for hydroxylation is 2. The first-order valence-electron chi connectivity index (χ1n) is 9.04. The van der Waals surface area contributed by atoms with Crippen molar-refractivity contribution in [3.05, 3.63) is 40.7 Å². The van der Waals surface area contributed by atoms with Gasteiger partial charge in [0.05, 0.1) is 11.4 Å². The number of hydrogen-bond donors (Lipinski definition) is 0. The molecule has 0 radical (unpaired) electrons. The molecule has 2 nitrogen and oxygen atoms in total. The molecular weight excluding hydrogens is 399 g/mol. The molecule has 0 aliphatic rings. The van der Waals surface area contributed by atoms with Gasteiger partial charge in [0.1, 0.15) is 0 Å². The standard InChI is InChI=1S/C22H34N2.Pd/c1-14(2)24-20(22(8,9)10)18(19(23-24)21(5,6)7)17-12-15(3)11-16(4)13-17;/h11-14H,1-10H3;. The van der Waals surface area contributed by atoms with Crippen molar-refractivity contribution < 1.29 is 20.4 Å². The minimum atomic E-state index is 0. The van der Waals surface area contributed by atoms with Crippen molar-refractivity contribution in [2.24, 2.45) is 0 Å². The van der Waals surface area contributed by atoms with Gasteiger partial charge in [-0.15, -0.1) is 0 Å².